The molecule has 0 aromatic carbocycles. The molecule has 0 aromatic rings. The predicted molar refractivity (Wildman–Crippen MR) is 56.3 cm³/mol. The normalized spacial score (nSPS) is 10.6. The molecule has 54 valence electrons. The molecule has 0 fully saturated rings. The van der Waals surface area contributed by atoms with E-state index in [-0.39, 0.29) is 9.52 Å². The first-order valence-electron chi connectivity index (χ1n) is 3.46. The Morgan fingerprint density at radius 2 is 2.22 bits per heavy atom. The van der Waals surface area contributed by atoms with Gasteiger partial charge in [0.2, 0.25) is 0 Å². The molecule has 0 radical (unpaired) electrons. The van der Waals surface area contributed by atoms with Crippen LogP contribution in [0, 0.1) is 0 Å². The topological polar surface area (TPSA) is 0 Å². The van der Waals surface area contributed by atoms with Gasteiger partial charge in [-0.2, -0.15) is 0 Å². The van der Waals surface area contributed by atoms with Crippen molar-refractivity contribution in [2.75, 3.05) is 4.43 Å². The highest BCUT2D eigenvalue weighted by Crippen LogP contribution is 1.96. The summed E-state index contributed by atoms with van der Waals surface area (Å²) in [7, 11) is 0.186. The minimum absolute atomic E-state index is 0.186. The number of alkyl halides is 1. The molecule has 9 heavy (non-hydrogen) atoms. The third kappa shape index (κ3) is 8.69. The second kappa shape index (κ2) is 6.80. The molecule has 0 saturated heterocycles. The minimum atomic E-state index is 0.186. The molecule has 0 heterocycles. The van der Waals surface area contributed by atoms with Crippen molar-refractivity contribution >= 4 is 32.1 Å². The summed E-state index contributed by atoms with van der Waals surface area (Å²) in [5.41, 5.74) is 3.96. The van der Waals surface area contributed by atoms with E-state index < -0.39 is 0 Å². The summed E-state index contributed by atoms with van der Waals surface area (Å²) in [5.74, 6) is 0. The second-order valence-electron chi connectivity index (χ2n) is 2.47. The van der Waals surface area contributed by atoms with Crippen molar-refractivity contribution in [3.05, 3.63) is 11.3 Å². The van der Waals surface area contributed by atoms with Crippen LogP contribution in [0.15, 0.2) is 11.3 Å². The van der Waals surface area contributed by atoms with E-state index in [2.05, 4.69) is 42.1 Å². The Hall–Kier alpha value is 0.687. The summed E-state index contributed by atoms with van der Waals surface area (Å²) < 4.78 is 1.33. The lowest BCUT2D eigenvalue weighted by atomic mass is 10.4. The molecule has 0 amide bonds. The number of rotatable bonds is 4. The van der Waals surface area contributed by atoms with Crippen LogP contribution >= 0.6 is 22.6 Å². The number of halogens is 1. The number of hydrogen-bond acceptors (Lipinski definition) is 0. The molecule has 0 unspecified atom stereocenters. The summed E-state index contributed by atoms with van der Waals surface area (Å²) >= 11 is 2.45. The molecule has 0 bridgehead atoms. The molecule has 2 heteroatoms. The second-order valence-corrected chi connectivity index (χ2v) is 5.24. The van der Waals surface area contributed by atoms with Gasteiger partial charge in [-0.15, -0.1) is 5.70 Å². The lowest BCUT2D eigenvalue weighted by Crippen LogP contribution is -1.85. The maximum absolute atomic E-state index is 2.45. The third-order valence-electron chi connectivity index (χ3n) is 1.14. The number of hydrogen-bond donors (Lipinski definition) is 0. The van der Waals surface area contributed by atoms with E-state index in [1.165, 1.54) is 22.5 Å². The van der Waals surface area contributed by atoms with E-state index in [4.69, 9.17) is 0 Å². The van der Waals surface area contributed by atoms with Crippen molar-refractivity contribution in [2.24, 2.45) is 0 Å². The number of allylic oxidation sites excluding steroid dienone is 1. The highest BCUT2D eigenvalue weighted by atomic mass is 127. The summed E-state index contributed by atoms with van der Waals surface area (Å²) in [6.07, 6.45) is 1.43. The molecule has 0 aromatic heterocycles. The lowest BCUT2D eigenvalue weighted by Gasteiger charge is -1.90. The predicted octanol–water partition coefficient (Wildman–Crippen LogP) is 2.32. The maximum atomic E-state index is 2.45. The molecule has 0 aliphatic carbocycles. The Morgan fingerprint density at radius 1 is 1.56 bits per heavy atom. The van der Waals surface area contributed by atoms with E-state index in [1.807, 2.05) is 0 Å². The zero-order valence-corrected chi connectivity index (χ0v) is 9.86. The molecular formula is C7H15ISi. The fourth-order valence-corrected chi connectivity index (χ4v) is 3.51. The zero-order valence-electron chi connectivity index (χ0n) is 6.28. The third-order valence-corrected chi connectivity index (χ3v) is 3.92. The molecule has 0 atom stereocenters. The zero-order chi connectivity index (χ0) is 7.11. The van der Waals surface area contributed by atoms with Crippen molar-refractivity contribution in [2.45, 2.75) is 26.3 Å². The molecule has 0 N–H and O–H groups in total. The van der Waals surface area contributed by atoms with Gasteiger partial charge in [-0.1, -0.05) is 34.2 Å². The molecule has 0 spiro atoms. The Morgan fingerprint density at radius 3 is 2.67 bits per heavy atom. The summed E-state index contributed by atoms with van der Waals surface area (Å²) in [6.45, 7) is 4.38. The van der Waals surface area contributed by atoms with Gasteiger partial charge in [0.1, 0.15) is 0 Å². The monoisotopic (exact) mass is 254 g/mol. The van der Waals surface area contributed by atoms with Gasteiger partial charge in [0.25, 0.3) is 0 Å². The van der Waals surface area contributed by atoms with Crippen LogP contribution in [0.3, 0.4) is 0 Å². The van der Waals surface area contributed by atoms with Crippen molar-refractivity contribution in [1.82, 2.24) is 0 Å². The van der Waals surface area contributed by atoms with Crippen molar-refractivity contribution in [3.8, 4) is 0 Å². The summed E-state index contributed by atoms with van der Waals surface area (Å²) in [4.78, 5) is 0. The van der Waals surface area contributed by atoms with E-state index in [0.717, 1.165) is 0 Å². The van der Waals surface area contributed by atoms with Crippen LogP contribution in [-0.4, -0.2) is 13.9 Å². The average molecular weight is 254 g/mol. The standard InChI is InChI=1S/C7H15ISi/c1-7(2)6-9-5-3-4-8/h6H,3-5,9H2,1-2H3. The Balaban J connectivity index is 3.00. The van der Waals surface area contributed by atoms with Gasteiger partial charge in [-0.3, -0.25) is 0 Å². The van der Waals surface area contributed by atoms with Crippen LogP contribution in [0.2, 0.25) is 6.04 Å². The lowest BCUT2D eigenvalue weighted by molar-refractivity contribution is 1.11. The first-order valence-corrected chi connectivity index (χ1v) is 6.81. The van der Waals surface area contributed by atoms with E-state index in [9.17, 15) is 0 Å². The SMILES string of the molecule is CC(C)=C[SiH2]CCCI. The van der Waals surface area contributed by atoms with Crippen LogP contribution in [0.5, 0.6) is 0 Å². The molecule has 0 aliphatic rings. The molecule has 0 nitrogen and oxygen atoms in total. The highest BCUT2D eigenvalue weighted by molar-refractivity contribution is 14.1. The first kappa shape index (κ1) is 9.69. The maximum Gasteiger partial charge on any atom is 0.0453 e. The smallest absolute Gasteiger partial charge is 0.0453 e. The van der Waals surface area contributed by atoms with Gasteiger partial charge in [0.15, 0.2) is 0 Å². The molecule has 0 rings (SSSR count). The van der Waals surface area contributed by atoms with Gasteiger partial charge in [-0.05, 0) is 24.7 Å². The largest absolute Gasteiger partial charge is 0.103 e. The van der Waals surface area contributed by atoms with Crippen molar-refractivity contribution < 1.29 is 0 Å². The summed E-state index contributed by atoms with van der Waals surface area (Å²) in [6, 6.07) is 1.49. The summed E-state index contributed by atoms with van der Waals surface area (Å²) in [5, 5.41) is 0. The quantitative estimate of drug-likeness (QED) is 0.312. The van der Waals surface area contributed by atoms with Crippen molar-refractivity contribution in [3.63, 3.8) is 0 Å². The van der Waals surface area contributed by atoms with Gasteiger partial charge < -0.3 is 0 Å². The van der Waals surface area contributed by atoms with Crippen molar-refractivity contribution in [1.29, 1.82) is 0 Å². The fraction of sp³-hybridized carbons (Fsp3) is 0.714. The van der Waals surface area contributed by atoms with Crippen LogP contribution < -0.4 is 0 Å². The molecule has 0 aliphatic heterocycles. The van der Waals surface area contributed by atoms with E-state index in [1.54, 1.807) is 0 Å². The highest BCUT2D eigenvalue weighted by Gasteiger charge is 1.83. The van der Waals surface area contributed by atoms with Crippen LogP contribution in [0.1, 0.15) is 20.3 Å². The average Bonchev–Trinajstić information content (AvgIpc) is 1.80. The Bertz CT molecular complexity index is 84.9. The van der Waals surface area contributed by atoms with E-state index >= 15 is 0 Å². The first-order chi connectivity index (χ1) is 4.27. The van der Waals surface area contributed by atoms with Gasteiger partial charge in [0, 0.05) is 9.52 Å². The van der Waals surface area contributed by atoms with Crippen LogP contribution in [0.4, 0.5) is 0 Å². The molecular weight excluding hydrogens is 239 g/mol. The Kier molecular flexibility index (Phi) is 7.32. The van der Waals surface area contributed by atoms with Gasteiger partial charge in [0.05, 0.1) is 0 Å². The molecule has 0 saturated carbocycles. The van der Waals surface area contributed by atoms with Crippen LogP contribution in [0.25, 0.3) is 0 Å². The van der Waals surface area contributed by atoms with Gasteiger partial charge in [-0.25, -0.2) is 0 Å². The Labute approximate surface area is 74.1 Å². The van der Waals surface area contributed by atoms with Crippen LogP contribution in [-0.2, 0) is 0 Å². The fourth-order valence-electron chi connectivity index (χ4n) is 0.630. The minimum Gasteiger partial charge on any atom is -0.103 e. The van der Waals surface area contributed by atoms with E-state index in [0.29, 0.717) is 0 Å². The van der Waals surface area contributed by atoms with Gasteiger partial charge >= 0.3 is 0 Å².